The van der Waals surface area contributed by atoms with E-state index in [1.54, 1.807) is 36.7 Å². The number of H-pyrrole nitrogens is 1. The first kappa shape index (κ1) is 20.4. The number of fused-ring (bicyclic) bond motifs is 1. The number of hydrazone groups is 1. The maximum atomic E-state index is 14.5. The molecule has 0 aliphatic carbocycles. The predicted molar refractivity (Wildman–Crippen MR) is 118 cm³/mol. The van der Waals surface area contributed by atoms with E-state index in [-0.39, 0.29) is 17.2 Å². The van der Waals surface area contributed by atoms with E-state index in [4.69, 9.17) is 4.74 Å². The molecule has 0 fully saturated rings. The van der Waals surface area contributed by atoms with Crippen molar-refractivity contribution in [3.05, 3.63) is 76.8 Å². The number of hydrogen-bond acceptors (Lipinski definition) is 5. The molecule has 4 N–H and O–H groups in total. The van der Waals surface area contributed by atoms with Gasteiger partial charge in [0.25, 0.3) is 0 Å². The smallest absolute Gasteiger partial charge is 0.339 e. The molecule has 0 saturated carbocycles. The van der Waals surface area contributed by atoms with Gasteiger partial charge < -0.3 is 20.1 Å². The Bertz CT molecular complexity index is 1290. The number of halogens is 2. The number of hydrogen-bond donors (Lipinski definition) is 4. The number of benzene rings is 2. The Kier molecular flexibility index (Phi) is 5.80. The van der Waals surface area contributed by atoms with Crippen molar-refractivity contribution in [1.29, 1.82) is 0 Å². The van der Waals surface area contributed by atoms with Crippen LogP contribution in [0.15, 0.2) is 70.5 Å². The third-order valence-corrected chi connectivity index (χ3v) is 4.82. The summed E-state index contributed by atoms with van der Waals surface area (Å²) in [5.74, 6) is -0.0797. The lowest BCUT2D eigenvalue weighted by atomic mass is 10.2. The van der Waals surface area contributed by atoms with Crippen molar-refractivity contribution in [3.8, 4) is 17.2 Å². The highest BCUT2D eigenvalue weighted by molar-refractivity contribution is 9.10. The minimum Gasteiger partial charge on any atom is -0.507 e. The number of phenolic OH excluding ortho intramolecular Hbond substituents is 1. The molecule has 2 aromatic heterocycles. The van der Waals surface area contributed by atoms with Crippen LogP contribution >= 0.6 is 15.9 Å². The molecule has 8 nitrogen and oxygen atoms in total. The van der Waals surface area contributed by atoms with Crippen LogP contribution in [0.5, 0.6) is 17.2 Å². The number of anilines is 1. The Labute approximate surface area is 183 Å². The molecule has 10 heteroatoms. The second-order valence-corrected chi connectivity index (χ2v) is 7.19. The monoisotopic (exact) mass is 483 g/mol. The first-order chi connectivity index (χ1) is 15.0. The normalized spacial score (nSPS) is 11.0. The summed E-state index contributed by atoms with van der Waals surface area (Å²) in [6.45, 7) is 0. The SMILES string of the molecule is O=C(N/N=C/c1ccc(O)c(Br)c1)Nc1ccc(Oc2ccnc3[nH]ccc23)c(F)c1. The lowest BCUT2D eigenvalue weighted by Gasteiger charge is -2.10. The van der Waals surface area contributed by atoms with Gasteiger partial charge in [0, 0.05) is 24.1 Å². The molecule has 2 aromatic carbocycles. The molecular weight excluding hydrogens is 469 g/mol. The molecule has 156 valence electrons. The number of amides is 2. The molecule has 0 aliphatic heterocycles. The third kappa shape index (κ3) is 4.81. The van der Waals surface area contributed by atoms with Gasteiger partial charge in [-0.05, 0) is 64.0 Å². The number of ether oxygens (including phenoxy) is 1. The average Bonchev–Trinajstić information content (AvgIpc) is 3.22. The standard InChI is InChI=1S/C21H15BrFN5O3/c22-15-9-12(1-3-17(15)29)11-26-28-21(30)27-13-2-4-19(16(23)10-13)31-18-6-8-25-20-14(18)5-7-24-20/h1-11,29H,(H,24,25)(H2,27,28,30)/b26-11+. The summed E-state index contributed by atoms with van der Waals surface area (Å²) >= 11 is 3.19. The zero-order chi connectivity index (χ0) is 21.8. The van der Waals surface area contributed by atoms with Crippen LogP contribution in [-0.4, -0.2) is 27.3 Å². The van der Waals surface area contributed by atoms with E-state index in [0.29, 0.717) is 21.4 Å². The number of phenols is 1. The molecule has 0 bridgehead atoms. The maximum Gasteiger partial charge on any atom is 0.339 e. The number of rotatable bonds is 5. The third-order valence-electron chi connectivity index (χ3n) is 4.18. The van der Waals surface area contributed by atoms with E-state index >= 15 is 0 Å². The molecule has 0 radical (unpaired) electrons. The number of urea groups is 1. The van der Waals surface area contributed by atoms with E-state index in [0.717, 1.165) is 11.5 Å². The van der Waals surface area contributed by atoms with Gasteiger partial charge in [-0.3, -0.25) is 0 Å². The van der Waals surface area contributed by atoms with Gasteiger partial charge in [-0.15, -0.1) is 0 Å². The Morgan fingerprint density at radius 1 is 1.19 bits per heavy atom. The summed E-state index contributed by atoms with van der Waals surface area (Å²) in [6.07, 6.45) is 4.68. The van der Waals surface area contributed by atoms with Crippen LogP contribution in [0, 0.1) is 5.82 Å². The summed E-state index contributed by atoms with van der Waals surface area (Å²) < 4.78 is 20.6. The maximum absolute atomic E-state index is 14.5. The number of nitrogens with one attached hydrogen (secondary N) is 3. The van der Waals surface area contributed by atoms with Crippen LogP contribution in [0.1, 0.15) is 5.56 Å². The highest BCUT2D eigenvalue weighted by Gasteiger charge is 2.11. The number of carbonyl (C=O) groups excluding carboxylic acids is 1. The van der Waals surface area contributed by atoms with Crippen molar-refractivity contribution in [1.82, 2.24) is 15.4 Å². The predicted octanol–water partition coefficient (Wildman–Crippen LogP) is 5.12. The van der Waals surface area contributed by atoms with Gasteiger partial charge >= 0.3 is 6.03 Å². The fraction of sp³-hybridized carbons (Fsp3) is 0. The number of pyridine rings is 1. The molecule has 0 unspecified atom stereocenters. The fourth-order valence-corrected chi connectivity index (χ4v) is 3.13. The molecule has 0 aliphatic rings. The first-order valence-electron chi connectivity index (χ1n) is 8.97. The average molecular weight is 484 g/mol. The lowest BCUT2D eigenvalue weighted by Crippen LogP contribution is -2.24. The quantitative estimate of drug-likeness (QED) is 0.233. The summed E-state index contributed by atoms with van der Waals surface area (Å²) in [5, 5.41) is 16.5. The highest BCUT2D eigenvalue weighted by atomic mass is 79.9. The fourth-order valence-electron chi connectivity index (χ4n) is 2.73. The molecule has 0 atom stereocenters. The molecular formula is C21H15BrFN5O3. The van der Waals surface area contributed by atoms with E-state index in [9.17, 15) is 14.3 Å². The van der Waals surface area contributed by atoms with Gasteiger partial charge in [0.2, 0.25) is 0 Å². The lowest BCUT2D eigenvalue weighted by molar-refractivity contribution is 0.252. The number of aromatic hydroxyl groups is 1. The summed E-state index contributed by atoms with van der Waals surface area (Å²) in [6, 6.07) is 11.6. The van der Waals surface area contributed by atoms with Crippen molar-refractivity contribution >= 4 is 44.9 Å². The molecule has 2 heterocycles. The number of aromatic nitrogens is 2. The van der Waals surface area contributed by atoms with E-state index in [1.807, 2.05) is 0 Å². The van der Waals surface area contributed by atoms with Crippen LogP contribution in [0.4, 0.5) is 14.9 Å². The van der Waals surface area contributed by atoms with E-state index in [2.05, 4.69) is 41.7 Å². The van der Waals surface area contributed by atoms with Crippen molar-refractivity contribution in [3.63, 3.8) is 0 Å². The van der Waals surface area contributed by atoms with Gasteiger partial charge in [0.1, 0.15) is 17.1 Å². The zero-order valence-corrected chi connectivity index (χ0v) is 17.4. The number of nitrogens with zero attached hydrogens (tertiary/aromatic N) is 2. The van der Waals surface area contributed by atoms with Gasteiger partial charge in [0.15, 0.2) is 11.6 Å². The Balaban J connectivity index is 1.38. The summed E-state index contributed by atoms with van der Waals surface area (Å²) in [5.41, 5.74) is 3.80. The summed E-state index contributed by atoms with van der Waals surface area (Å²) in [7, 11) is 0. The topological polar surface area (TPSA) is 112 Å². The van der Waals surface area contributed by atoms with Crippen LogP contribution in [0.25, 0.3) is 11.0 Å². The Hall–Kier alpha value is -3.92. The van der Waals surface area contributed by atoms with Crippen molar-refractivity contribution in [2.75, 3.05) is 5.32 Å². The van der Waals surface area contributed by atoms with Gasteiger partial charge in [0.05, 0.1) is 16.1 Å². The van der Waals surface area contributed by atoms with Crippen LogP contribution in [0.2, 0.25) is 0 Å². The Morgan fingerprint density at radius 2 is 2.06 bits per heavy atom. The summed E-state index contributed by atoms with van der Waals surface area (Å²) in [4.78, 5) is 19.1. The van der Waals surface area contributed by atoms with E-state index in [1.165, 1.54) is 24.4 Å². The van der Waals surface area contributed by atoms with Crippen molar-refractivity contribution in [2.45, 2.75) is 0 Å². The largest absolute Gasteiger partial charge is 0.507 e. The molecule has 4 rings (SSSR count). The van der Waals surface area contributed by atoms with Crippen molar-refractivity contribution < 1.29 is 19.0 Å². The van der Waals surface area contributed by atoms with Crippen LogP contribution in [-0.2, 0) is 0 Å². The second-order valence-electron chi connectivity index (χ2n) is 6.33. The van der Waals surface area contributed by atoms with Gasteiger partial charge in [-0.25, -0.2) is 19.6 Å². The van der Waals surface area contributed by atoms with Gasteiger partial charge in [-0.1, -0.05) is 0 Å². The van der Waals surface area contributed by atoms with Crippen LogP contribution < -0.4 is 15.5 Å². The molecule has 0 spiro atoms. The van der Waals surface area contributed by atoms with Crippen molar-refractivity contribution in [2.24, 2.45) is 5.10 Å². The Morgan fingerprint density at radius 3 is 2.87 bits per heavy atom. The van der Waals surface area contributed by atoms with Gasteiger partial charge in [-0.2, -0.15) is 5.10 Å². The minimum absolute atomic E-state index is 0.00980. The zero-order valence-electron chi connectivity index (χ0n) is 15.8. The highest BCUT2D eigenvalue weighted by Crippen LogP contribution is 2.31. The molecule has 31 heavy (non-hydrogen) atoms. The number of aromatic amines is 1. The molecule has 4 aromatic rings. The minimum atomic E-state index is -0.648. The number of carbonyl (C=O) groups is 1. The van der Waals surface area contributed by atoms with Crippen LogP contribution in [0.3, 0.4) is 0 Å². The molecule has 0 saturated heterocycles. The first-order valence-corrected chi connectivity index (χ1v) is 9.77. The van der Waals surface area contributed by atoms with E-state index < -0.39 is 11.8 Å². The second kappa shape index (κ2) is 8.84. The molecule has 2 amide bonds.